The van der Waals surface area contributed by atoms with Gasteiger partial charge >= 0.3 is 0 Å². The molecule has 1 fully saturated rings. The SMILES string of the molecule is CS(=O)(=O)C1CCCC1Nc1cc(Cl)ccc1[N+](=O)[O-]. The standard InChI is InChI=1S/C12H15ClN2O4S/c1-20(18,19)12-4-2-3-9(12)14-10-7-8(13)5-6-11(10)15(16)17/h5-7,9,12,14H,2-4H2,1H3. The van der Waals surface area contributed by atoms with Gasteiger partial charge < -0.3 is 5.32 Å². The molecule has 0 spiro atoms. The number of hydrogen-bond donors (Lipinski definition) is 1. The predicted molar refractivity (Wildman–Crippen MR) is 78.0 cm³/mol. The van der Waals surface area contributed by atoms with Gasteiger partial charge in [0.05, 0.1) is 10.2 Å². The third-order valence-electron chi connectivity index (χ3n) is 3.50. The molecular weight excluding hydrogens is 304 g/mol. The minimum absolute atomic E-state index is 0.103. The molecule has 1 N–H and O–H groups in total. The predicted octanol–water partition coefficient (Wildman–Crippen LogP) is 2.63. The highest BCUT2D eigenvalue weighted by molar-refractivity contribution is 7.91. The van der Waals surface area contributed by atoms with E-state index in [0.717, 1.165) is 6.42 Å². The van der Waals surface area contributed by atoms with E-state index in [0.29, 0.717) is 17.9 Å². The molecule has 0 bridgehead atoms. The number of hydrogen-bond acceptors (Lipinski definition) is 5. The molecule has 0 heterocycles. The number of halogens is 1. The second-order valence-corrected chi connectivity index (χ2v) is 7.67. The molecule has 1 saturated carbocycles. The van der Waals surface area contributed by atoms with Crippen LogP contribution in [0, 0.1) is 10.1 Å². The molecule has 0 amide bonds. The Kier molecular flexibility index (Phi) is 4.19. The van der Waals surface area contributed by atoms with Crippen molar-refractivity contribution in [1.29, 1.82) is 0 Å². The molecular formula is C12H15ClN2O4S. The molecule has 1 aliphatic carbocycles. The first-order valence-electron chi connectivity index (χ1n) is 6.18. The van der Waals surface area contributed by atoms with Gasteiger partial charge in [-0.05, 0) is 31.4 Å². The van der Waals surface area contributed by atoms with Crippen molar-refractivity contribution in [2.24, 2.45) is 0 Å². The summed E-state index contributed by atoms with van der Waals surface area (Å²) in [5, 5.41) is 13.8. The molecule has 1 aromatic rings. The fourth-order valence-electron chi connectivity index (χ4n) is 2.59. The maximum Gasteiger partial charge on any atom is 0.292 e. The van der Waals surface area contributed by atoms with Gasteiger partial charge in [0.15, 0.2) is 9.84 Å². The molecule has 0 radical (unpaired) electrons. The number of nitrogens with zero attached hydrogens (tertiary/aromatic N) is 1. The molecule has 1 aromatic carbocycles. The van der Waals surface area contributed by atoms with Crippen molar-refractivity contribution < 1.29 is 13.3 Å². The summed E-state index contributed by atoms with van der Waals surface area (Å²) in [5.74, 6) is 0. The Labute approximate surface area is 122 Å². The summed E-state index contributed by atoms with van der Waals surface area (Å²) in [4.78, 5) is 10.5. The van der Waals surface area contributed by atoms with Crippen molar-refractivity contribution in [2.75, 3.05) is 11.6 Å². The zero-order chi connectivity index (χ0) is 14.9. The highest BCUT2D eigenvalue weighted by Gasteiger charge is 2.35. The Morgan fingerprint density at radius 2 is 2.10 bits per heavy atom. The quantitative estimate of drug-likeness (QED) is 0.681. The zero-order valence-corrected chi connectivity index (χ0v) is 12.4. The lowest BCUT2D eigenvalue weighted by Crippen LogP contribution is -2.34. The Hall–Kier alpha value is -1.34. The fraction of sp³-hybridized carbons (Fsp3) is 0.500. The van der Waals surface area contributed by atoms with Crippen molar-refractivity contribution >= 4 is 32.8 Å². The maximum atomic E-state index is 11.7. The fourth-order valence-corrected chi connectivity index (χ4v) is 4.15. The normalized spacial score (nSPS) is 22.7. The number of benzene rings is 1. The summed E-state index contributed by atoms with van der Waals surface area (Å²) >= 11 is 5.85. The lowest BCUT2D eigenvalue weighted by molar-refractivity contribution is -0.384. The molecule has 8 heteroatoms. The van der Waals surface area contributed by atoms with Crippen molar-refractivity contribution in [3.63, 3.8) is 0 Å². The Balaban J connectivity index is 2.30. The van der Waals surface area contributed by atoms with Crippen molar-refractivity contribution in [2.45, 2.75) is 30.6 Å². The third kappa shape index (κ3) is 3.21. The first kappa shape index (κ1) is 15.1. The van der Waals surface area contributed by atoms with Crippen LogP contribution in [0.5, 0.6) is 0 Å². The Morgan fingerprint density at radius 1 is 1.40 bits per heavy atom. The molecule has 20 heavy (non-hydrogen) atoms. The van der Waals surface area contributed by atoms with E-state index in [2.05, 4.69) is 5.32 Å². The number of rotatable bonds is 4. The van der Waals surface area contributed by atoms with Crippen LogP contribution in [0.3, 0.4) is 0 Å². The largest absolute Gasteiger partial charge is 0.375 e. The number of nitrogens with one attached hydrogen (secondary N) is 1. The minimum Gasteiger partial charge on any atom is -0.375 e. The second-order valence-electron chi connectivity index (χ2n) is 4.97. The van der Waals surface area contributed by atoms with E-state index in [-0.39, 0.29) is 17.4 Å². The van der Waals surface area contributed by atoms with Gasteiger partial charge in [0.1, 0.15) is 5.69 Å². The van der Waals surface area contributed by atoms with E-state index in [9.17, 15) is 18.5 Å². The van der Waals surface area contributed by atoms with Crippen LogP contribution in [-0.2, 0) is 9.84 Å². The summed E-state index contributed by atoms with van der Waals surface area (Å²) in [6.07, 6.45) is 3.22. The highest BCUT2D eigenvalue weighted by atomic mass is 35.5. The minimum atomic E-state index is -3.18. The van der Waals surface area contributed by atoms with Crippen molar-refractivity contribution in [3.05, 3.63) is 33.3 Å². The monoisotopic (exact) mass is 318 g/mol. The van der Waals surface area contributed by atoms with Crippen LogP contribution in [-0.4, -0.2) is 30.9 Å². The van der Waals surface area contributed by atoms with Gasteiger partial charge in [-0.2, -0.15) is 0 Å². The Morgan fingerprint density at radius 3 is 2.70 bits per heavy atom. The summed E-state index contributed by atoms with van der Waals surface area (Å²) < 4.78 is 23.4. The van der Waals surface area contributed by atoms with E-state index < -0.39 is 20.0 Å². The van der Waals surface area contributed by atoms with Gasteiger partial charge in [0, 0.05) is 23.4 Å². The first-order chi connectivity index (χ1) is 9.29. The molecule has 2 unspecified atom stereocenters. The number of anilines is 1. The van der Waals surface area contributed by atoms with E-state index in [1.807, 2.05) is 0 Å². The molecule has 110 valence electrons. The van der Waals surface area contributed by atoms with E-state index in [1.54, 1.807) is 0 Å². The van der Waals surface area contributed by atoms with Crippen LogP contribution in [0.25, 0.3) is 0 Å². The van der Waals surface area contributed by atoms with Crippen LogP contribution in [0.4, 0.5) is 11.4 Å². The van der Waals surface area contributed by atoms with Crippen LogP contribution >= 0.6 is 11.6 Å². The van der Waals surface area contributed by atoms with Crippen molar-refractivity contribution in [3.8, 4) is 0 Å². The zero-order valence-electron chi connectivity index (χ0n) is 10.9. The third-order valence-corrected chi connectivity index (χ3v) is 5.40. The lowest BCUT2D eigenvalue weighted by Gasteiger charge is -2.20. The maximum absolute atomic E-state index is 11.7. The van der Waals surface area contributed by atoms with E-state index in [4.69, 9.17) is 11.6 Å². The van der Waals surface area contributed by atoms with Crippen LogP contribution in [0.1, 0.15) is 19.3 Å². The molecule has 0 aliphatic heterocycles. The number of sulfone groups is 1. The summed E-state index contributed by atoms with van der Waals surface area (Å²) in [5.41, 5.74) is 0.164. The highest BCUT2D eigenvalue weighted by Crippen LogP contribution is 2.33. The molecule has 6 nitrogen and oxygen atoms in total. The van der Waals surface area contributed by atoms with Gasteiger partial charge in [-0.15, -0.1) is 0 Å². The number of nitro groups is 1. The molecule has 0 saturated heterocycles. The molecule has 2 atom stereocenters. The molecule has 1 aliphatic rings. The van der Waals surface area contributed by atoms with Gasteiger partial charge in [0.25, 0.3) is 5.69 Å². The topological polar surface area (TPSA) is 89.3 Å². The summed E-state index contributed by atoms with van der Waals surface area (Å²) in [7, 11) is -3.18. The average molecular weight is 319 g/mol. The summed E-state index contributed by atoms with van der Waals surface area (Å²) in [6, 6.07) is 3.89. The van der Waals surface area contributed by atoms with E-state index >= 15 is 0 Å². The number of nitro benzene ring substituents is 1. The van der Waals surface area contributed by atoms with Crippen LogP contribution in [0.2, 0.25) is 5.02 Å². The van der Waals surface area contributed by atoms with Crippen molar-refractivity contribution in [1.82, 2.24) is 0 Å². The van der Waals surface area contributed by atoms with E-state index in [1.165, 1.54) is 24.5 Å². The molecule has 0 aromatic heterocycles. The first-order valence-corrected chi connectivity index (χ1v) is 8.51. The average Bonchev–Trinajstić information content (AvgIpc) is 2.76. The van der Waals surface area contributed by atoms with Gasteiger partial charge in [-0.25, -0.2) is 8.42 Å². The Bertz CT molecular complexity index is 632. The second kappa shape index (κ2) is 5.57. The van der Waals surface area contributed by atoms with Gasteiger partial charge in [-0.1, -0.05) is 11.6 Å². The summed E-state index contributed by atoms with van der Waals surface area (Å²) in [6.45, 7) is 0. The van der Waals surface area contributed by atoms with Crippen LogP contribution in [0.15, 0.2) is 18.2 Å². The van der Waals surface area contributed by atoms with Gasteiger partial charge in [-0.3, -0.25) is 10.1 Å². The molecule has 2 rings (SSSR count). The van der Waals surface area contributed by atoms with Gasteiger partial charge in [0.2, 0.25) is 0 Å². The smallest absolute Gasteiger partial charge is 0.292 e. The lowest BCUT2D eigenvalue weighted by atomic mass is 10.2. The van der Waals surface area contributed by atoms with Crippen LogP contribution < -0.4 is 5.32 Å².